The fraction of sp³-hybridized carbons (Fsp3) is 0.240. The maximum atomic E-state index is 14.1. The third-order valence-corrected chi connectivity index (χ3v) is 6.28. The Labute approximate surface area is 194 Å². The van der Waals surface area contributed by atoms with Crippen LogP contribution in [0, 0.1) is 5.82 Å². The first-order chi connectivity index (χ1) is 16.4. The molecule has 0 atom stereocenters. The van der Waals surface area contributed by atoms with Crippen LogP contribution in [0.1, 0.15) is 15.9 Å². The number of nitrogens with zero attached hydrogens (tertiary/aromatic N) is 4. The minimum Gasteiger partial charge on any atom is -0.366 e. The zero-order valence-corrected chi connectivity index (χ0v) is 18.7. The van der Waals surface area contributed by atoms with Crippen molar-refractivity contribution in [2.45, 2.75) is 6.54 Å². The number of anilines is 1. The van der Waals surface area contributed by atoms with Gasteiger partial charge in [-0.3, -0.25) is 14.2 Å². The molecule has 4 aromatic rings. The predicted molar refractivity (Wildman–Crippen MR) is 128 cm³/mol. The molecule has 8 nitrogen and oxygen atoms in total. The lowest BCUT2D eigenvalue weighted by Crippen LogP contribution is -2.49. The van der Waals surface area contributed by atoms with Crippen LogP contribution in [-0.2, 0) is 13.6 Å². The number of H-pyrrole nitrogens is 1. The summed E-state index contributed by atoms with van der Waals surface area (Å²) in [7, 11) is 1.68. The minimum atomic E-state index is -0.564. The Morgan fingerprint density at radius 2 is 1.65 bits per heavy atom. The highest BCUT2D eigenvalue weighted by Crippen LogP contribution is 2.22. The fourth-order valence-electron chi connectivity index (χ4n) is 4.51. The Kier molecular flexibility index (Phi) is 5.53. The van der Waals surface area contributed by atoms with E-state index in [0.29, 0.717) is 31.9 Å². The molecule has 2 aromatic carbocycles. The number of piperazine rings is 1. The van der Waals surface area contributed by atoms with Gasteiger partial charge in [0.15, 0.2) is 0 Å². The van der Waals surface area contributed by atoms with Gasteiger partial charge in [0.2, 0.25) is 0 Å². The molecule has 1 amide bonds. The zero-order valence-electron chi connectivity index (χ0n) is 18.7. The number of nitrogens with one attached hydrogen (secondary N) is 1. The summed E-state index contributed by atoms with van der Waals surface area (Å²) in [5, 5.41) is 0. The van der Waals surface area contributed by atoms with Gasteiger partial charge >= 0.3 is 5.69 Å². The Bertz CT molecular complexity index is 1480. The van der Waals surface area contributed by atoms with Crippen molar-refractivity contribution in [3.8, 4) is 0 Å². The number of para-hydroxylation sites is 1. The van der Waals surface area contributed by atoms with E-state index < -0.39 is 11.2 Å². The number of fused-ring (bicyclic) bond motifs is 1. The van der Waals surface area contributed by atoms with Crippen LogP contribution in [0.5, 0.6) is 0 Å². The number of hydrogen-bond donors (Lipinski definition) is 1. The molecule has 1 N–H and O–H groups in total. The number of rotatable bonds is 4. The van der Waals surface area contributed by atoms with Crippen LogP contribution in [0.2, 0.25) is 0 Å². The van der Waals surface area contributed by atoms with Crippen molar-refractivity contribution in [3.05, 3.63) is 98.6 Å². The molecule has 1 aliphatic heterocycles. The fourth-order valence-corrected chi connectivity index (χ4v) is 4.51. The van der Waals surface area contributed by atoms with Gasteiger partial charge in [0, 0.05) is 39.4 Å². The molecular formula is C25H24FN5O3. The first kappa shape index (κ1) is 21.7. The SMILES string of the molecule is Cn1cc(C(=O)N2CCN(c3ccccc3F)CC2)c2[nH]c(=O)n(Cc3ccccc3)c(=O)c21. The molecule has 0 saturated carbocycles. The summed E-state index contributed by atoms with van der Waals surface area (Å²) in [5.74, 6) is -0.560. The zero-order chi connectivity index (χ0) is 23.8. The van der Waals surface area contributed by atoms with E-state index in [1.807, 2.05) is 35.2 Å². The summed E-state index contributed by atoms with van der Waals surface area (Å²) < 4.78 is 16.8. The molecule has 0 spiro atoms. The van der Waals surface area contributed by atoms with Crippen molar-refractivity contribution >= 4 is 22.6 Å². The van der Waals surface area contributed by atoms with Gasteiger partial charge in [0.05, 0.1) is 23.3 Å². The summed E-state index contributed by atoms with van der Waals surface area (Å²) in [6.45, 7) is 1.91. The second-order valence-electron chi connectivity index (χ2n) is 8.41. The van der Waals surface area contributed by atoms with Gasteiger partial charge in [-0.25, -0.2) is 9.18 Å². The van der Waals surface area contributed by atoms with Crippen LogP contribution in [-0.4, -0.2) is 51.1 Å². The quantitative estimate of drug-likeness (QED) is 0.505. The molecular weight excluding hydrogens is 437 g/mol. The van der Waals surface area contributed by atoms with Crippen molar-refractivity contribution in [2.24, 2.45) is 7.05 Å². The van der Waals surface area contributed by atoms with E-state index in [-0.39, 0.29) is 34.9 Å². The number of halogens is 1. The third kappa shape index (κ3) is 3.79. The number of benzene rings is 2. The lowest BCUT2D eigenvalue weighted by molar-refractivity contribution is 0.0748. The molecule has 3 heterocycles. The monoisotopic (exact) mass is 461 g/mol. The van der Waals surface area contributed by atoms with E-state index in [2.05, 4.69) is 4.98 Å². The largest absolute Gasteiger partial charge is 0.366 e. The van der Waals surface area contributed by atoms with Crippen molar-refractivity contribution < 1.29 is 9.18 Å². The van der Waals surface area contributed by atoms with Crippen LogP contribution in [0.15, 0.2) is 70.4 Å². The molecule has 1 fully saturated rings. The van der Waals surface area contributed by atoms with Crippen molar-refractivity contribution in [3.63, 3.8) is 0 Å². The van der Waals surface area contributed by atoms with Gasteiger partial charge in [-0.1, -0.05) is 42.5 Å². The summed E-state index contributed by atoms with van der Waals surface area (Å²) in [4.78, 5) is 45.6. The first-order valence-electron chi connectivity index (χ1n) is 11.1. The highest BCUT2D eigenvalue weighted by Gasteiger charge is 2.27. The first-order valence-corrected chi connectivity index (χ1v) is 11.1. The smallest absolute Gasteiger partial charge is 0.329 e. The van der Waals surface area contributed by atoms with Crippen LogP contribution in [0.3, 0.4) is 0 Å². The number of aryl methyl sites for hydroxylation is 1. The molecule has 2 aromatic heterocycles. The number of carbonyl (C=O) groups excluding carboxylic acids is 1. The predicted octanol–water partition coefficient (Wildman–Crippen LogP) is 2.18. The summed E-state index contributed by atoms with van der Waals surface area (Å²) in [5.41, 5.74) is 1.11. The van der Waals surface area contributed by atoms with Crippen LogP contribution in [0.4, 0.5) is 10.1 Å². The molecule has 0 unspecified atom stereocenters. The maximum Gasteiger partial charge on any atom is 0.329 e. The number of hydrogen-bond acceptors (Lipinski definition) is 4. The normalized spacial score (nSPS) is 14.1. The topological polar surface area (TPSA) is 83.3 Å². The van der Waals surface area contributed by atoms with E-state index in [9.17, 15) is 18.8 Å². The Hall–Kier alpha value is -4.14. The maximum absolute atomic E-state index is 14.1. The Morgan fingerprint density at radius 3 is 2.35 bits per heavy atom. The number of aromatic nitrogens is 3. The number of aromatic amines is 1. The molecule has 9 heteroatoms. The molecule has 1 saturated heterocycles. The molecule has 0 radical (unpaired) electrons. The molecule has 1 aliphatic rings. The number of carbonyl (C=O) groups is 1. The molecule has 174 valence electrons. The van der Waals surface area contributed by atoms with Crippen LogP contribution >= 0.6 is 0 Å². The standard InChI is InChI=1S/C25H24FN5O3/c1-28-16-18(23(32)30-13-11-29(12-14-30)20-10-6-5-9-19(20)26)21-22(28)24(33)31(25(34)27-21)15-17-7-3-2-4-8-17/h2-10,16H,11-15H2,1H3,(H,27,34). The van der Waals surface area contributed by atoms with Gasteiger partial charge in [-0.05, 0) is 17.7 Å². The Balaban J connectivity index is 1.42. The van der Waals surface area contributed by atoms with Crippen molar-refractivity contribution in [2.75, 3.05) is 31.1 Å². The van der Waals surface area contributed by atoms with Gasteiger partial charge in [-0.15, -0.1) is 0 Å². The lowest BCUT2D eigenvalue weighted by atomic mass is 10.2. The summed E-state index contributed by atoms with van der Waals surface area (Å²) in [6.07, 6.45) is 1.58. The Morgan fingerprint density at radius 1 is 0.971 bits per heavy atom. The van der Waals surface area contributed by atoms with Gasteiger partial charge in [-0.2, -0.15) is 0 Å². The summed E-state index contributed by atoms with van der Waals surface area (Å²) in [6, 6.07) is 15.8. The lowest BCUT2D eigenvalue weighted by Gasteiger charge is -2.36. The van der Waals surface area contributed by atoms with Crippen molar-refractivity contribution in [1.82, 2.24) is 19.0 Å². The average Bonchev–Trinajstić information content (AvgIpc) is 3.18. The third-order valence-electron chi connectivity index (χ3n) is 6.28. The van der Waals surface area contributed by atoms with Crippen LogP contribution in [0.25, 0.3) is 11.0 Å². The van der Waals surface area contributed by atoms with Crippen molar-refractivity contribution in [1.29, 1.82) is 0 Å². The molecule has 0 aliphatic carbocycles. The van der Waals surface area contributed by atoms with Crippen LogP contribution < -0.4 is 16.1 Å². The van der Waals surface area contributed by atoms with E-state index in [1.54, 1.807) is 40.9 Å². The molecule has 0 bridgehead atoms. The minimum absolute atomic E-state index is 0.136. The van der Waals surface area contributed by atoms with E-state index in [0.717, 1.165) is 10.1 Å². The van der Waals surface area contributed by atoms with Gasteiger partial charge in [0.1, 0.15) is 11.3 Å². The van der Waals surface area contributed by atoms with E-state index >= 15 is 0 Å². The van der Waals surface area contributed by atoms with E-state index in [4.69, 9.17) is 0 Å². The highest BCUT2D eigenvalue weighted by atomic mass is 19.1. The van der Waals surface area contributed by atoms with E-state index in [1.165, 1.54) is 6.07 Å². The van der Waals surface area contributed by atoms with Gasteiger partial charge in [0.25, 0.3) is 11.5 Å². The second-order valence-corrected chi connectivity index (χ2v) is 8.41. The number of amides is 1. The summed E-state index contributed by atoms with van der Waals surface area (Å²) >= 11 is 0. The second kappa shape index (κ2) is 8.66. The average molecular weight is 461 g/mol. The molecule has 5 rings (SSSR count). The highest BCUT2D eigenvalue weighted by molar-refractivity contribution is 6.05. The molecule has 34 heavy (non-hydrogen) atoms. The van der Waals surface area contributed by atoms with Gasteiger partial charge < -0.3 is 19.4 Å².